The standard InChI is InChI=1S/C25H25N3O4/c1-30-18-8-7-9-19(16-18)32-15-14-28-22-12-5-4-11-21(22)27-24(28)17-26-25(29)20-10-3-6-13-23(20)31-2/h3-13,16H,14-15,17H2,1-2H3,(H,26,29). The van der Waals surface area contributed by atoms with Gasteiger partial charge >= 0.3 is 0 Å². The summed E-state index contributed by atoms with van der Waals surface area (Å²) in [7, 11) is 3.18. The largest absolute Gasteiger partial charge is 0.497 e. The van der Waals surface area contributed by atoms with Crippen LogP contribution >= 0.6 is 0 Å². The first-order valence-electron chi connectivity index (χ1n) is 10.3. The van der Waals surface area contributed by atoms with Gasteiger partial charge in [-0.25, -0.2) is 4.98 Å². The minimum absolute atomic E-state index is 0.214. The number of methoxy groups -OCH3 is 2. The van der Waals surface area contributed by atoms with Gasteiger partial charge in [-0.15, -0.1) is 0 Å². The van der Waals surface area contributed by atoms with E-state index in [9.17, 15) is 4.79 Å². The number of hydrogen-bond acceptors (Lipinski definition) is 5. The Morgan fingerprint density at radius 2 is 1.72 bits per heavy atom. The lowest BCUT2D eigenvalue weighted by Gasteiger charge is -2.13. The number of benzene rings is 3. The Balaban J connectivity index is 1.49. The topological polar surface area (TPSA) is 74.6 Å². The number of amides is 1. The number of nitrogens with one attached hydrogen (secondary N) is 1. The molecule has 1 aromatic heterocycles. The number of ether oxygens (including phenoxy) is 3. The van der Waals surface area contributed by atoms with Gasteiger partial charge in [0.25, 0.3) is 5.91 Å². The van der Waals surface area contributed by atoms with E-state index < -0.39 is 0 Å². The van der Waals surface area contributed by atoms with Crippen LogP contribution in [0.4, 0.5) is 0 Å². The first-order chi connectivity index (χ1) is 15.7. The second kappa shape index (κ2) is 9.87. The molecule has 1 N–H and O–H groups in total. The molecule has 0 unspecified atom stereocenters. The number of hydrogen-bond donors (Lipinski definition) is 1. The van der Waals surface area contributed by atoms with Gasteiger partial charge in [-0.3, -0.25) is 4.79 Å². The molecule has 7 heteroatoms. The fourth-order valence-electron chi connectivity index (χ4n) is 3.54. The average Bonchev–Trinajstić information content (AvgIpc) is 3.20. The van der Waals surface area contributed by atoms with Gasteiger partial charge in [-0.2, -0.15) is 0 Å². The summed E-state index contributed by atoms with van der Waals surface area (Å²) in [5.74, 6) is 2.55. The minimum atomic E-state index is -0.214. The summed E-state index contributed by atoms with van der Waals surface area (Å²) in [6.45, 7) is 1.31. The molecule has 3 aromatic carbocycles. The maximum Gasteiger partial charge on any atom is 0.255 e. The zero-order valence-electron chi connectivity index (χ0n) is 18.1. The van der Waals surface area contributed by atoms with E-state index in [1.807, 2.05) is 60.7 Å². The predicted molar refractivity (Wildman–Crippen MR) is 122 cm³/mol. The lowest BCUT2D eigenvalue weighted by Crippen LogP contribution is -2.25. The predicted octanol–water partition coefficient (Wildman–Crippen LogP) is 4.06. The fourth-order valence-corrected chi connectivity index (χ4v) is 3.54. The Morgan fingerprint density at radius 1 is 0.938 bits per heavy atom. The second-order valence-corrected chi connectivity index (χ2v) is 7.08. The van der Waals surface area contributed by atoms with Crippen molar-refractivity contribution in [2.45, 2.75) is 13.1 Å². The summed E-state index contributed by atoms with van der Waals surface area (Å²) in [5, 5.41) is 2.95. The third-order valence-corrected chi connectivity index (χ3v) is 5.12. The molecule has 0 aliphatic rings. The summed E-state index contributed by atoms with van der Waals surface area (Å²) in [4.78, 5) is 17.4. The maximum absolute atomic E-state index is 12.7. The van der Waals surface area contributed by atoms with Crippen molar-refractivity contribution in [1.29, 1.82) is 0 Å². The molecule has 7 nitrogen and oxygen atoms in total. The Kier molecular flexibility index (Phi) is 6.55. The van der Waals surface area contributed by atoms with Crippen molar-refractivity contribution in [3.63, 3.8) is 0 Å². The first kappa shape index (κ1) is 21.2. The number of rotatable bonds is 9. The van der Waals surface area contributed by atoms with Gasteiger partial charge < -0.3 is 24.1 Å². The smallest absolute Gasteiger partial charge is 0.255 e. The quantitative estimate of drug-likeness (QED) is 0.433. The monoisotopic (exact) mass is 431 g/mol. The number of fused-ring (bicyclic) bond motifs is 1. The van der Waals surface area contributed by atoms with Crippen molar-refractivity contribution >= 4 is 16.9 Å². The van der Waals surface area contributed by atoms with Crippen molar-refractivity contribution in [2.75, 3.05) is 20.8 Å². The van der Waals surface area contributed by atoms with Gasteiger partial charge in [-0.05, 0) is 36.4 Å². The molecular weight excluding hydrogens is 406 g/mol. The van der Waals surface area contributed by atoms with E-state index in [0.717, 1.165) is 28.4 Å². The summed E-state index contributed by atoms with van der Waals surface area (Å²) >= 11 is 0. The third-order valence-electron chi connectivity index (χ3n) is 5.12. The highest BCUT2D eigenvalue weighted by atomic mass is 16.5. The summed E-state index contributed by atoms with van der Waals surface area (Å²) in [6.07, 6.45) is 0. The van der Waals surface area contributed by atoms with E-state index in [0.29, 0.717) is 24.5 Å². The highest BCUT2D eigenvalue weighted by Crippen LogP contribution is 2.21. The number of carbonyl (C=O) groups excluding carboxylic acids is 1. The van der Waals surface area contributed by atoms with Crippen LogP contribution in [0.25, 0.3) is 11.0 Å². The molecule has 0 saturated heterocycles. The van der Waals surface area contributed by atoms with Gasteiger partial charge in [0.15, 0.2) is 0 Å². The number of nitrogens with zero attached hydrogens (tertiary/aromatic N) is 2. The van der Waals surface area contributed by atoms with Crippen LogP contribution in [0.15, 0.2) is 72.8 Å². The molecule has 4 rings (SSSR count). The minimum Gasteiger partial charge on any atom is -0.497 e. The van der Waals surface area contributed by atoms with Crippen LogP contribution in [-0.2, 0) is 13.1 Å². The van der Waals surface area contributed by atoms with E-state index in [-0.39, 0.29) is 12.5 Å². The molecule has 0 spiro atoms. The van der Waals surface area contributed by atoms with Crippen molar-refractivity contribution in [3.8, 4) is 17.2 Å². The van der Waals surface area contributed by atoms with Gasteiger partial charge in [0.1, 0.15) is 29.7 Å². The average molecular weight is 431 g/mol. The first-order valence-corrected chi connectivity index (χ1v) is 10.3. The number of carbonyl (C=O) groups is 1. The number of aromatic nitrogens is 2. The number of imidazole rings is 1. The molecule has 0 fully saturated rings. The van der Waals surface area contributed by atoms with Crippen LogP contribution < -0.4 is 19.5 Å². The zero-order valence-corrected chi connectivity index (χ0v) is 18.1. The lowest BCUT2D eigenvalue weighted by molar-refractivity contribution is 0.0946. The van der Waals surface area contributed by atoms with Gasteiger partial charge in [0, 0.05) is 6.07 Å². The van der Waals surface area contributed by atoms with Gasteiger partial charge in [0.05, 0.1) is 43.9 Å². The van der Waals surface area contributed by atoms with Crippen LogP contribution in [-0.4, -0.2) is 36.3 Å². The summed E-state index contributed by atoms with van der Waals surface area (Å²) < 4.78 is 18.5. The molecular formula is C25H25N3O4. The van der Waals surface area contributed by atoms with E-state index in [1.165, 1.54) is 0 Å². The molecule has 4 aromatic rings. The lowest BCUT2D eigenvalue weighted by atomic mass is 10.2. The molecule has 0 aliphatic carbocycles. The molecule has 0 atom stereocenters. The van der Waals surface area contributed by atoms with Gasteiger partial charge in [0.2, 0.25) is 0 Å². The highest BCUT2D eigenvalue weighted by molar-refractivity contribution is 5.96. The van der Waals surface area contributed by atoms with E-state index in [2.05, 4.69) is 9.88 Å². The van der Waals surface area contributed by atoms with E-state index in [4.69, 9.17) is 19.2 Å². The molecule has 0 bridgehead atoms. The molecule has 0 aliphatic heterocycles. The molecule has 0 saturated carbocycles. The molecule has 32 heavy (non-hydrogen) atoms. The Hall–Kier alpha value is -4.00. The molecule has 1 amide bonds. The normalized spacial score (nSPS) is 10.7. The molecule has 164 valence electrons. The van der Waals surface area contributed by atoms with Crippen molar-refractivity contribution < 1.29 is 19.0 Å². The van der Waals surface area contributed by atoms with Gasteiger partial charge in [-0.1, -0.05) is 30.3 Å². The van der Waals surface area contributed by atoms with Crippen molar-refractivity contribution in [2.24, 2.45) is 0 Å². The van der Waals surface area contributed by atoms with Crippen LogP contribution in [0.5, 0.6) is 17.2 Å². The zero-order chi connectivity index (χ0) is 22.3. The van der Waals surface area contributed by atoms with Crippen LogP contribution in [0.1, 0.15) is 16.2 Å². The molecule has 0 radical (unpaired) electrons. The van der Waals surface area contributed by atoms with E-state index in [1.54, 1.807) is 26.4 Å². The summed E-state index contributed by atoms with van der Waals surface area (Å²) in [6, 6.07) is 22.5. The third kappa shape index (κ3) is 4.67. The second-order valence-electron chi connectivity index (χ2n) is 7.08. The SMILES string of the molecule is COc1cccc(OCCn2c(CNC(=O)c3ccccc3OC)nc3ccccc32)c1. The fraction of sp³-hybridized carbons (Fsp3) is 0.200. The maximum atomic E-state index is 12.7. The molecule has 1 heterocycles. The van der Waals surface area contributed by atoms with Crippen molar-refractivity contribution in [1.82, 2.24) is 14.9 Å². The van der Waals surface area contributed by atoms with Crippen LogP contribution in [0.3, 0.4) is 0 Å². The van der Waals surface area contributed by atoms with Crippen molar-refractivity contribution in [3.05, 3.63) is 84.2 Å². The Bertz CT molecular complexity index is 1220. The Morgan fingerprint density at radius 3 is 2.56 bits per heavy atom. The highest BCUT2D eigenvalue weighted by Gasteiger charge is 2.15. The van der Waals surface area contributed by atoms with E-state index >= 15 is 0 Å². The Labute approximate surface area is 186 Å². The van der Waals surface area contributed by atoms with Crippen LogP contribution in [0.2, 0.25) is 0 Å². The van der Waals surface area contributed by atoms with Crippen LogP contribution in [0, 0.1) is 0 Å². The number of para-hydroxylation sites is 3. The summed E-state index contributed by atoms with van der Waals surface area (Å²) in [5.41, 5.74) is 2.35.